The molecule has 194 valence electrons. The fourth-order valence-electron chi connectivity index (χ4n) is 4.24. The summed E-state index contributed by atoms with van der Waals surface area (Å²) in [5.74, 6) is -0.887. The second-order valence-corrected chi connectivity index (χ2v) is 11.7. The van der Waals surface area contributed by atoms with Gasteiger partial charge in [0.15, 0.2) is 5.82 Å². The highest BCUT2D eigenvalue weighted by Crippen LogP contribution is 2.55. The van der Waals surface area contributed by atoms with Crippen molar-refractivity contribution >= 4 is 33.5 Å². The second kappa shape index (κ2) is 10.7. The van der Waals surface area contributed by atoms with E-state index in [4.69, 9.17) is 4.74 Å². The second-order valence-electron chi connectivity index (χ2n) is 9.73. The summed E-state index contributed by atoms with van der Waals surface area (Å²) in [5.41, 5.74) is -0.686. The quantitative estimate of drug-likeness (QED) is 0.537. The third-order valence-electron chi connectivity index (χ3n) is 5.81. The first-order valence-corrected chi connectivity index (χ1v) is 13.2. The first kappa shape index (κ1) is 27.1. The Morgan fingerprint density at radius 3 is 2.66 bits per heavy atom. The molecule has 1 saturated heterocycles. The number of carbonyl (C=O) groups excluding carboxylic acids is 2. The van der Waals surface area contributed by atoms with Gasteiger partial charge in [0.25, 0.3) is 0 Å². The summed E-state index contributed by atoms with van der Waals surface area (Å²) in [6.45, 7) is 9.74. The number of pyridine rings is 1. The number of hydrogen-bond donors (Lipinski definition) is 3. The minimum Gasteiger partial charge on any atom is -0.444 e. The highest BCUT2D eigenvalue weighted by molar-refractivity contribution is 8.22. The molecule has 0 unspecified atom stereocenters. The summed E-state index contributed by atoms with van der Waals surface area (Å²) in [4.78, 5) is 31.0. The molecule has 0 spiro atoms. The van der Waals surface area contributed by atoms with E-state index in [1.807, 2.05) is 0 Å². The van der Waals surface area contributed by atoms with Gasteiger partial charge in [0.1, 0.15) is 11.6 Å². The van der Waals surface area contributed by atoms with Crippen LogP contribution in [0.3, 0.4) is 0 Å². The number of aromatic nitrogens is 1. The summed E-state index contributed by atoms with van der Waals surface area (Å²) in [6.07, 6.45) is 2.72. The Hall–Kier alpha value is -2.47. The van der Waals surface area contributed by atoms with Gasteiger partial charge in [-0.3, -0.25) is 18.9 Å². The number of alkyl carbamates (subject to hydrolysis) is 1. The van der Waals surface area contributed by atoms with Crippen molar-refractivity contribution in [1.29, 1.82) is 0 Å². The maximum atomic E-state index is 14.6. The van der Waals surface area contributed by atoms with E-state index < -0.39 is 40.4 Å². The fraction of sp³-hybridized carbons (Fsp3) is 0.542. The van der Waals surface area contributed by atoms with Crippen LogP contribution in [0.1, 0.15) is 47.5 Å². The molecule has 0 radical (unpaired) electrons. The summed E-state index contributed by atoms with van der Waals surface area (Å²) in [5, 5.41) is 3.24. The Bertz CT molecular complexity index is 1070. The number of halogens is 1. The molecule has 2 heterocycles. The molecule has 3 N–H and O–H groups in total. The summed E-state index contributed by atoms with van der Waals surface area (Å²) >= 11 is 0. The van der Waals surface area contributed by atoms with Crippen LogP contribution in [0.25, 0.3) is 10.8 Å². The molecule has 35 heavy (non-hydrogen) atoms. The van der Waals surface area contributed by atoms with Gasteiger partial charge in [0.2, 0.25) is 5.91 Å². The molecular weight excluding hydrogens is 475 g/mol. The average molecular weight is 511 g/mol. The van der Waals surface area contributed by atoms with Crippen molar-refractivity contribution in [3.8, 4) is 0 Å². The van der Waals surface area contributed by atoms with Crippen LogP contribution < -0.4 is 5.32 Å². The van der Waals surface area contributed by atoms with E-state index in [0.717, 1.165) is 6.20 Å². The number of nitrogens with one attached hydrogen (secondary N) is 1. The molecule has 2 aromatic rings. The lowest BCUT2D eigenvalue weighted by Gasteiger charge is -2.46. The molecule has 2 atom stereocenters. The molecule has 9 nitrogen and oxygen atoms in total. The van der Waals surface area contributed by atoms with Crippen molar-refractivity contribution < 1.29 is 27.8 Å². The Morgan fingerprint density at radius 2 is 2.00 bits per heavy atom. The van der Waals surface area contributed by atoms with Crippen molar-refractivity contribution in [1.82, 2.24) is 19.5 Å². The van der Waals surface area contributed by atoms with Crippen molar-refractivity contribution in [2.45, 2.75) is 70.0 Å². The van der Waals surface area contributed by atoms with Crippen LogP contribution in [-0.2, 0) is 9.53 Å². The van der Waals surface area contributed by atoms with Gasteiger partial charge < -0.3 is 15.0 Å². The topological polar surface area (TPSA) is 115 Å². The molecular formula is C24H35FN4O5S. The molecule has 0 bridgehead atoms. The van der Waals surface area contributed by atoms with Crippen LogP contribution in [0.5, 0.6) is 0 Å². The van der Waals surface area contributed by atoms with E-state index in [9.17, 15) is 23.1 Å². The van der Waals surface area contributed by atoms with Gasteiger partial charge in [-0.05, 0) is 46.6 Å². The van der Waals surface area contributed by atoms with E-state index in [2.05, 4.69) is 10.3 Å². The molecule has 1 aliphatic heterocycles. The summed E-state index contributed by atoms with van der Waals surface area (Å²) < 4.78 is 44.1. The number of hydrogen-bond acceptors (Lipinski definition) is 7. The highest BCUT2D eigenvalue weighted by Gasteiger charge is 2.36. The van der Waals surface area contributed by atoms with Crippen LogP contribution in [0.15, 0.2) is 35.5 Å². The minimum absolute atomic E-state index is 0.0968. The van der Waals surface area contributed by atoms with Crippen molar-refractivity contribution in [2.75, 3.05) is 19.6 Å². The van der Waals surface area contributed by atoms with Crippen LogP contribution in [-0.4, -0.2) is 72.6 Å². The largest absolute Gasteiger partial charge is 0.444 e. The maximum absolute atomic E-state index is 14.6. The Morgan fingerprint density at radius 1 is 1.29 bits per heavy atom. The standard InChI is InChI=1S/C24H35FN4O5S/c1-6-19(27-23(31)34-24(3,4)5)22(30)28-11-8-12-29(16(2)15-28)35(32,33)20-10-7-9-17-13-26-14-18(25)21(17)20/h7,9-10,13-14,16,19,32-33H,6,8,11-12,15H2,1-5H3,(H,27,31)/t16-,19+/m0/s1. The van der Waals surface area contributed by atoms with Gasteiger partial charge in [-0.1, -0.05) is 19.1 Å². The number of amides is 2. The minimum atomic E-state index is -3.56. The summed E-state index contributed by atoms with van der Waals surface area (Å²) in [7, 11) is -3.56. The molecule has 3 rings (SSSR count). The van der Waals surface area contributed by atoms with Gasteiger partial charge in [-0.15, -0.1) is 10.8 Å². The zero-order valence-electron chi connectivity index (χ0n) is 20.8. The molecule has 1 aromatic heterocycles. The predicted octanol–water partition coefficient (Wildman–Crippen LogP) is 4.62. The van der Waals surface area contributed by atoms with Crippen molar-refractivity contribution in [2.24, 2.45) is 0 Å². The molecule has 1 fully saturated rings. The van der Waals surface area contributed by atoms with Gasteiger partial charge >= 0.3 is 6.09 Å². The monoisotopic (exact) mass is 510 g/mol. The van der Waals surface area contributed by atoms with E-state index in [-0.39, 0.29) is 22.7 Å². The highest BCUT2D eigenvalue weighted by atomic mass is 32.3. The zero-order valence-corrected chi connectivity index (χ0v) is 21.6. The Labute approximate surface area is 207 Å². The lowest BCUT2D eigenvalue weighted by atomic mass is 10.1. The SMILES string of the molecule is CC[C@@H](NC(=O)OC(C)(C)C)C(=O)N1CCCN(S(O)(O)c2cccc3cncc(F)c23)[C@@H](C)C1. The van der Waals surface area contributed by atoms with Crippen molar-refractivity contribution in [3.63, 3.8) is 0 Å². The van der Waals surface area contributed by atoms with Gasteiger partial charge in [0.05, 0.1) is 11.1 Å². The van der Waals surface area contributed by atoms with Crippen molar-refractivity contribution in [3.05, 3.63) is 36.4 Å². The van der Waals surface area contributed by atoms with E-state index >= 15 is 0 Å². The number of rotatable bonds is 5. The van der Waals surface area contributed by atoms with Crippen LogP contribution >= 0.6 is 10.8 Å². The molecule has 2 amide bonds. The maximum Gasteiger partial charge on any atom is 0.408 e. The molecule has 1 aliphatic rings. The van der Waals surface area contributed by atoms with E-state index in [1.165, 1.54) is 16.6 Å². The number of carbonyl (C=O) groups is 2. The first-order chi connectivity index (χ1) is 16.3. The lowest BCUT2D eigenvalue weighted by Crippen LogP contribution is -2.51. The molecule has 0 saturated carbocycles. The molecule has 11 heteroatoms. The van der Waals surface area contributed by atoms with Gasteiger partial charge in [0, 0.05) is 42.6 Å². The summed E-state index contributed by atoms with van der Waals surface area (Å²) in [6, 6.07) is 3.62. The Kier molecular flexibility index (Phi) is 8.25. The lowest BCUT2D eigenvalue weighted by molar-refractivity contribution is -0.133. The van der Waals surface area contributed by atoms with Gasteiger partial charge in [-0.25, -0.2) is 9.18 Å². The number of benzene rings is 1. The smallest absolute Gasteiger partial charge is 0.408 e. The van der Waals surface area contributed by atoms with Crippen LogP contribution in [0.2, 0.25) is 0 Å². The number of ether oxygens (including phenoxy) is 1. The molecule has 0 aliphatic carbocycles. The normalized spacial score (nSPS) is 19.2. The Balaban J connectivity index is 1.79. The number of nitrogens with zero attached hydrogens (tertiary/aromatic N) is 3. The fourth-order valence-corrected chi connectivity index (χ4v) is 6.19. The van der Waals surface area contributed by atoms with Gasteiger partial charge in [-0.2, -0.15) is 4.31 Å². The number of fused-ring (bicyclic) bond motifs is 1. The zero-order chi connectivity index (χ0) is 26.0. The third-order valence-corrected chi connectivity index (χ3v) is 7.94. The third kappa shape index (κ3) is 6.21. The average Bonchev–Trinajstić information content (AvgIpc) is 2.97. The van der Waals surface area contributed by atoms with Crippen LogP contribution in [0.4, 0.5) is 9.18 Å². The van der Waals surface area contributed by atoms with E-state index in [1.54, 1.807) is 51.7 Å². The predicted molar refractivity (Wildman–Crippen MR) is 134 cm³/mol. The van der Waals surface area contributed by atoms with Crippen LogP contribution in [0, 0.1) is 5.82 Å². The molecule has 1 aromatic carbocycles. The first-order valence-electron chi connectivity index (χ1n) is 11.7. The van der Waals surface area contributed by atoms with E-state index in [0.29, 0.717) is 31.3 Å².